The molecule has 0 radical (unpaired) electrons. The topological polar surface area (TPSA) is 4.44 Å². The summed E-state index contributed by atoms with van der Waals surface area (Å²) in [6, 6.07) is -2.15. The Kier molecular flexibility index (Phi) is 16.3. The van der Waals surface area contributed by atoms with Crippen LogP contribution in [0.3, 0.4) is 0 Å². The highest BCUT2D eigenvalue weighted by Crippen LogP contribution is 2.74. The lowest BCUT2D eigenvalue weighted by molar-refractivity contribution is -0.787. The molecule has 38 heteroatoms. The fraction of sp³-hybridized carbons (Fsp3) is 0.129. The largest absolute Gasteiger partial charge is 0.458 e. The minimum Gasteiger partial charge on any atom is -0.305 e. The van der Waals surface area contributed by atoms with E-state index in [1.165, 1.54) is 0 Å². The number of halogens is 36. The summed E-state index contributed by atoms with van der Waals surface area (Å²) in [4.78, 5) is -0.0735. The van der Waals surface area contributed by atoms with Gasteiger partial charge >= 0.3 is 12.1 Å². The number of hydrogen-bond donors (Lipinski definition) is 1. The fourth-order valence-corrected chi connectivity index (χ4v) is 24.2. The van der Waals surface area contributed by atoms with Crippen molar-refractivity contribution in [1.29, 1.82) is 0 Å². The second kappa shape index (κ2) is 23.0. The highest BCUT2D eigenvalue weighted by molar-refractivity contribution is 6.88. The van der Waals surface area contributed by atoms with E-state index in [9.17, 15) is 35.1 Å². The molecule has 0 aromatic heterocycles. The molecule has 4 aliphatic carbocycles. The Bertz CT molecular complexity index is 4700. The summed E-state index contributed by atoms with van der Waals surface area (Å²) in [5, 5.41) is 0. The van der Waals surface area contributed by atoms with Crippen LogP contribution in [0.5, 0.6) is 0 Å². The molecule has 0 bridgehead atoms. The van der Waals surface area contributed by atoms with Crippen LogP contribution in [0.15, 0.2) is 30.3 Å². The molecule has 9 aromatic rings. The lowest BCUT2D eigenvalue weighted by atomic mass is 10.0. The van der Waals surface area contributed by atoms with Gasteiger partial charge in [0.05, 0.1) is 14.1 Å². The van der Waals surface area contributed by atoms with Gasteiger partial charge in [-0.15, -0.1) is 19.1 Å². The summed E-state index contributed by atoms with van der Waals surface area (Å²) in [6.45, 7) is 0. The monoisotopic (exact) mass is 1490 g/mol. The van der Waals surface area contributed by atoms with E-state index in [-0.39, 0.29) is 11.0 Å². The normalized spacial score (nSPS) is 16.9. The molecular formula is C62H16AlF36N. The van der Waals surface area contributed by atoms with Crippen LogP contribution in [-0.4, -0.2) is 33.3 Å². The summed E-state index contributed by atoms with van der Waals surface area (Å²) in [6.07, 6.45) is -6.23. The summed E-state index contributed by atoms with van der Waals surface area (Å²) in [5.74, 6) is -98.3. The van der Waals surface area contributed by atoms with Crippen LogP contribution in [0.25, 0.3) is 44.5 Å². The zero-order valence-electron chi connectivity index (χ0n) is 47.4. The minimum absolute atomic E-state index is 0.0735. The Labute approximate surface area is 531 Å². The van der Waals surface area contributed by atoms with E-state index in [0.717, 1.165) is 14.1 Å². The molecule has 0 spiro atoms. The van der Waals surface area contributed by atoms with Crippen molar-refractivity contribution >= 4 is 18.8 Å². The third kappa shape index (κ3) is 8.91. The Morgan fingerprint density at radius 2 is 0.440 bits per heavy atom. The molecule has 4 aliphatic rings. The van der Waals surface area contributed by atoms with Crippen LogP contribution in [0.2, 0.25) is 0 Å². The van der Waals surface area contributed by atoms with Crippen LogP contribution < -0.4 is 4.90 Å². The van der Waals surface area contributed by atoms with Gasteiger partial charge in [0.1, 0.15) is 5.56 Å². The predicted octanol–water partition coefficient (Wildman–Crippen LogP) is 19.3. The zero-order valence-corrected chi connectivity index (χ0v) is 48.5. The van der Waals surface area contributed by atoms with Crippen molar-refractivity contribution in [3.05, 3.63) is 261 Å². The third-order valence-electron chi connectivity index (χ3n) is 18.2. The second-order valence-corrected chi connectivity index (χ2v) is 28.0. The van der Waals surface area contributed by atoms with Crippen molar-refractivity contribution in [2.24, 2.45) is 0 Å². The molecule has 524 valence electrons. The molecule has 13 rings (SSSR count). The Morgan fingerprint density at radius 1 is 0.240 bits per heavy atom. The van der Waals surface area contributed by atoms with Gasteiger partial charge in [0, 0.05) is 50.6 Å². The number of nitrogens with one attached hydrogen (secondary N) is 1. The smallest absolute Gasteiger partial charge is 0.305 e. The van der Waals surface area contributed by atoms with Crippen molar-refractivity contribution < 1.29 is 163 Å². The van der Waals surface area contributed by atoms with Crippen molar-refractivity contribution in [2.75, 3.05) is 14.1 Å². The Hall–Kier alpha value is -9.05. The van der Waals surface area contributed by atoms with Gasteiger partial charge in [-0.1, -0.05) is 22.3 Å². The van der Waals surface area contributed by atoms with Crippen molar-refractivity contribution in [1.82, 2.24) is 0 Å². The van der Waals surface area contributed by atoms with E-state index < -0.39 is 349 Å². The van der Waals surface area contributed by atoms with Gasteiger partial charge in [0.15, 0.2) is 199 Å². The zero-order chi connectivity index (χ0) is 74.2. The first-order valence-electron chi connectivity index (χ1n) is 27.1. The molecule has 0 fully saturated rings. The van der Waals surface area contributed by atoms with E-state index in [0.29, 0.717) is 0 Å². The number of rotatable bonds is 6. The van der Waals surface area contributed by atoms with E-state index in [2.05, 4.69) is 0 Å². The van der Waals surface area contributed by atoms with Gasteiger partial charge in [-0.25, -0.2) is 132 Å². The molecule has 0 amide bonds. The van der Waals surface area contributed by atoms with Crippen molar-refractivity contribution in [2.45, 2.75) is 31.2 Å². The number of benzene rings is 9. The Morgan fingerprint density at radius 3 is 0.650 bits per heavy atom. The average Bonchev–Trinajstić information content (AvgIpc) is 1.49. The second-order valence-electron chi connectivity index (χ2n) is 23.0. The van der Waals surface area contributed by atoms with E-state index in [4.69, 9.17) is 0 Å². The number of fused-ring (bicyclic) bond motifs is 12. The molecular weight excluding hydrogens is 1470 g/mol. The van der Waals surface area contributed by atoms with E-state index >= 15 is 123 Å². The van der Waals surface area contributed by atoms with E-state index in [1.807, 2.05) is 0 Å². The van der Waals surface area contributed by atoms with Gasteiger partial charge < -0.3 is 4.90 Å². The van der Waals surface area contributed by atoms with E-state index in [1.54, 1.807) is 0 Å². The first-order chi connectivity index (χ1) is 46.3. The predicted molar refractivity (Wildman–Crippen MR) is 268 cm³/mol. The molecule has 9 aromatic carbocycles. The SMILES string of the molecule is C[NH+](C)c1cc(F)c(F)c(C(F)(F)C(F)(F)F)c1F.Fc1cc2c(c(F)c1F)-c1c(F)c(F)c(F)c(F)c1[CH]2[Al-]([CH]1c2cc(F)c(F)c(F)c2-c2c(F)c(F)c(F)c(F)c21)([CH]1c2cc(F)c(F)c(F)c2-c2c(F)c(F)c(F)c(F)c21)[CH]1c2cc(F)c(F)c(F)c2-c2c(F)c(F)c(F)c(F)c21. The lowest BCUT2D eigenvalue weighted by Gasteiger charge is -2.57. The molecule has 4 unspecified atom stereocenters. The van der Waals surface area contributed by atoms with Crippen LogP contribution >= 0.6 is 0 Å². The van der Waals surface area contributed by atoms with Crippen LogP contribution in [0.1, 0.15) is 69.2 Å². The van der Waals surface area contributed by atoms with Crippen molar-refractivity contribution in [3.63, 3.8) is 0 Å². The molecule has 0 saturated carbocycles. The van der Waals surface area contributed by atoms with Gasteiger partial charge in [-0.05, 0) is 46.5 Å². The average molecular weight is 1490 g/mol. The third-order valence-corrected chi connectivity index (χ3v) is 25.6. The quantitative estimate of drug-likeness (QED) is 0.0732. The maximum absolute atomic E-state index is 17.7. The van der Waals surface area contributed by atoms with Crippen LogP contribution in [-0.2, 0) is 5.92 Å². The highest BCUT2D eigenvalue weighted by Gasteiger charge is 2.68. The summed E-state index contributed by atoms with van der Waals surface area (Å²) < 4.78 is 548. The molecule has 100 heavy (non-hydrogen) atoms. The van der Waals surface area contributed by atoms with Gasteiger partial charge in [-0.3, -0.25) is 0 Å². The fourth-order valence-electron chi connectivity index (χ4n) is 14.8. The number of hydrogen-bond acceptors (Lipinski definition) is 0. The summed E-state index contributed by atoms with van der Waals surface area (Å²) in [7, 11) is 2.32. The number of quaternary nitrogens is 1. The molecule has 4 atom stereocenters. The molecule has 0 heterocycles. The molecule has 1 N–H and O–H groups in total. The summed E-state index contributed by atoms with van der Waals surface area (Å²) in [5.41, 5.74) is -40.9. The van der Waals surface area contributed by atoms with Crippen LogP contribution in [0.4, 0.5) is 164 Å². The van der Waals surface area contributed by atoms with Crippen LogP contribution in [0, 0.1) is 180 Å². The van der Waals surface area contributed by atoms with Gasteiger partial charge in [0.25, 0.3) is 0 Å². The van der Waals surface area contributed by atoms with Gasteiger partial charge in [0.2, 0.25) is 0 Å². The standard InChI is InChI=1S/4C13H2F7.C10H7F8N.Al/c4*14-5-2-3-1-4-7(6(3)10(17)9(5)16)11(18)13(20)12(19)8(4)15;1-19(2)5-3-4(11)7(12)6(8(5)13)9(14,15)10(16,17)18;/h4*1-2H;3H,1-2H3;/q;;;;;-1/p+1. The first kappa shape index (κ1) is 70.8. The number of alkyl halides is 5. The van der Waals surface area contributed by atoms with Gasteiger partial charge in [-0.2, -0.15) is 26.3 Å². The molecule has 0 saturated heterocycles. The highest BCUT2D eigenvalue weighted by atomic mass is 27.2. The summed E-state index contributed by atoms with van der Waals surface area (Å²) >= 11 is -8.92. The maximum atomic E-state index is 17.7. The Balaban J connectivity index is 0.000000433. The lowest BCUT2D eigenvalue weighted by Crippen LogP contribution is -3.00. The van der Waals surface area contributed by atoms with Crippen molar-refractivity contribution in [3.8, 4) is 44.5 Å². The maximum Gasteiger partial charge on any atom is 0.458 e. The molecule has 0 aliphatic heterocycles. The minimum atomic E-state index is -8.92. The molecule has 1 nitrogen and oxygen atoms in total. The first-order valence-corrected chi connectivity index (χ1v) is 29.7.